The van der Waals surface area contributed by atoms with Gasteiger partial charge in [0.2, 0.25) is 0 Å². The maximum absolute atomic E-state index is 15.0. The van der Waals surface area contributed by atoms with Gasteiger partial charge in [-0.3, -0.25) is 19.5 Å². The Balaban J connectivity index is 1.35. The summed E-state index contributed by atoms with van der Waals surface area (Å²) in [5.41, 5.74) is 1.66. The van der Waals surface area contributed by atoms with Crippen molar-refractivity contribution in [1.82, 2.24) is 15.4 Å². The van der Waals surface area contributed by atoms with Crippen molar-refractivity contribution in [2.75, 3.05) is 49.1 Å². The number of nitrogens with one attached hydrogen (secondary N) is 1. The Morgan fingerprint density at radius 2 is 2.12 bits per heavy atom. The van der Waals surface area contributed by atoms with Gasteiger partial charge in [-0.15, -0.1) is 0 Å². The number of carbonyl (C=O) groups excluding carboxylic acids is 2. The number of hydrogen-bond acceptors (Lipinski definition) is 7. The third-order valence-corrected chi connectivity index (χ3v) is 5.64. The van der Waals surface area contributed by atoms with Crippen molar-refractivity contribution < 1.29 is 27.9 Å². The fourth-order valence-corrected chi connectivity index (χ4v) is 3.84. The summed E-state index contributed by atoms with van der Waals surface area (Å²) < 4.78 is 33.2. The molecular formula is C23H27F2N5O4. The van der Waals surface area contributed by atoms with Crippen LogP contribution in [0.1, 0.15) is 12.6 Å². The van der Waals surface area contributed by atoms with Gasteiger partial charge in [-0.25, -0.2) is 13.6 Å². The molecule has 11 heteroatoms. The largest absolute Gasteiger partial charge is 0.442 e. The number of aromatic nitrogens is 1. The van der Waals surface area contributed by atoms with E-state index in [9.17, 15) is 14.0 Å². The van der Waals surface area contributed by atoms with E-state index < -0.39 is 30.1 Å². The van der Waals surface area contributed by atoms with Crippen LogP contribution in [0.25, 0.3) is 0 Å². The number of amides is 2. The van der Waals surface area contributed by atoms with Gasteiger partial charge in [-0.05, 0) is 37.3 Å². The second kappa shape index (κ2) is 10.7. The number of anilines is 2. The molecule has 2 atom stereocenters. The zero-order valence-corrected chi connectivity index (χ0v) is 18.8. The molecular weight excluding hydrogens is 448 g/mol. The van der Waals surface area contributed by atoms with Crippen molar-refractivity contribution >= 4 is 23.4 Å². The number of halogens is 2. The zero-order valence-electron chi connectivity index (χ0n) is 18.8. The summed E-state index contributed by atoms with van der Waals surface area (Å²) in [4.78, 5) is 36.9. The van der Waals surface area contributed by atoms with Crippen molar-refractivity contribution in [2.45, 2.75) is 25.7 Å². The molecule has 0 radical (unpaired) electrons. The molecule has 0 bridgehead atoms. The molecule has 2 fully saturated rings. The average molecular weight is 475 g/mol. The van der Waals surface area contributed by atoms with Gasteiger partial charge in [0.1, 0.15) is 11.9 Å². The van der Waals surface area contributed by atoms with Gasteiger partial charge >= 0.3 is 6.09 Å². The first kappa shape index (κ1) is 23.8. The summed E-state index contributed by atoms with van der Waals surface area (Å²) in [7, 11) is 0. The second-order valence-corrected chi connectivity index (χ2v) is 8.12. The number of hydroxylamine groups is 2. The quantitative estimate of drug-likeness (QED) is 0.658. The van der Waals surface area contributed by atoms with E-state index in [1.165, 1.54) is 11.0 Å². The first-order valence-corrected chi connectivity index (χ1v) is 11.1. The highest BCUT2D eigenvalue weighted by Gasteiger charge is 2.33. The maximum Gasteiger partial charge on any atom is 0.414 e. The lowest BCUT2D eigenvalue weighted by atomic mass is 10.2. The van der Waals surface area contributed by atoms with Crippen LogP contribution in [-0.2, 0) is 20.9 Å². The summed E-state index contributed by atoms with van der Waals surface area (Å²) in [5.74, 6) is -1.24. The number of alkyl halides is 1. The highest BCUT2D eigenvalue weighted by molar-refractivity contribution is 5.90. The van der Waals surface area contributed by atoms with Crippen LogP contribution in [0, 0.1) is 5.82 Å². The summed E-state index contributed by atoms with van der Waals surface area (Å²) in [6.07, 6.45) is -1.21. The Labute approximate surface area is 196 Å². The molecule has 0 saturated carbocycles. The molecule has 9 nitrogen and oxygen atoms in total. The number of rotatable bonds is 7. The molecule has 2 aromatic rings. The third kappa shape index (κ3) is 5.78. The number of ether oxygens (including phenoxy) is 1. The van der Waals surface area contributed by atoms with Gasteiger partial charge in [-0.1, -0.05) is 6.07 Å². The molecule has 2 saturated heterocycles. The van der Waals surface area contributed by atoms with Gasteiger partial charge in [-0.2, -0.15) is 5.06 Å². The minimum Gasteiger partial charge on any atom is -0.442 e. The summed E-state index contributed by atoms with van der Waals surface area (Å²) in [5, 5.41) is 4.20. The SMILES string of the molecule is CC(F)C(=O)NC[C@H]1CN(c2ccc(N3CCON(Cc4ccccn4)CC3)c(F)c2)C(=O)O1. The van der Waals surface area contributed by atoms with E-state index in [0.717, 1.165) is 12.6 Å². The number of hydrogen-bond donors (Lipinski definition) is 1. The van der Waals surface area contributed by atoms with Crippen LogP contribution in [0.15, 0.2) is 42.6 Å². The van der Waals surface area contributed by atoms with Crippen LogP contribution < -0.4 is 15.1 Å². The van der Waals surface area contributed by atoms with E-state index in [2.05, 4.69) is 10.3 Å². The molecule has 2 aliphatic rings. The van der Waals surface area contributed by atoms with Crippen LogP contribution in [-0.4, -0.2) is 73.7 Å². The first-order valence-electron chi connectivity index (χ1n) is 11.1. The lowest BCUT2D eigenvalue weighted by molar-refractivity contribution is -0.155. The van der Waals surface area contributed by atoms with E-state index in [0.29, 0.717) is 44.2 Å². The Bertz CT molecular complexity index is 1010. The number of carbonyl (C=O) groups is 2. The number of benzene rings is 1. The third-order valence-electron chi connectivity index (χ3n) is 5.64. The van der Waals surface area contributed by atoms with Crippen molar-refractivity contribution in [3.05, 3.63) is 54.1 Å². The normalized spacial score (nSPS) is 20.1. The molecule has 3 heterocycles. The smallest absolute Gasteiger partial charge is 0.414 e. The molecule has 1 N–H and O–H groups in total. The minimum absolute atomic E-state index is 0.0152. The van der Waals surface area contributed by atoms with Gasteiger partial charge in [0.05, 0.1) is 43.3 Å². The van der Waals surface area contributed by atoms with Crippen LogP contribution in [0.3, 0.4) is 0 Å². The fraction of sp³-hybridized carbons (Fsp3) is 0.435. The van der Waals surface area contributed by atoms with Gasteiger partial charge in [0, 0.05) is 25.8 Å². The van der Waals surface area contributed by atoms with Gasteiger partial charge in [0.15, 0.2) is 6.17 Å². The van der Waals surface area contributed by atoms with Crippen LogP contribution in [0.2, 0.25) is 0 Å². The monoisotopic (exact) mass is 475 g/mol. The molecule has 1 aromatic carbocycles. The van der Waals surface area contributed by atoms with Crippen molar-refractivity contribution in [3.8, 4) is 0 Å². The molecule has 1 aromatic heterocycles. The van der Waals surface area contributed by atoms with Crippen LogP contribution >= 0.6 is 0 Å². The standard InChI is InChI=1S/C23H27F2N5O4/c1-16(24)22(31)27-13-19-15-30(23(32)34-19)18-5-6-21(20(25)12-18)28-8-9-29(33-11-10-28)14-17-4-2-3-7-26-17/h2-7,12,16,19H,8-11,13-15H2,1H3,(H,27,31)/t16?,19-/m0/s1. The van der Waals surface area contributed by atoms with Crippen molar-refractivity contribution in [1.29, 1.82) is 0 Å². The van der Waals surface area contributed by atoms with E-state index in [-0.39, 0.29) is 13.1 Å². The summed E-state index contributed by atoms with van der Waals surface area (Å²) in [6, 6.07) is 10.3. The lowest BCUT2D eigenvalue weighted by Gasteiger charge is -2.24. The molecule has 2 amide bonds. The molecule has 2 aliphatic heterocycles. The zero-order chi connectivity index (χ0) is 24.1. The van der Waals surface area contributed by atoms with E-state index in [4.69, 9.17) is 9.57 Å². The van der Waals surface area contributed by atoms with Crippen molar-refractivity contribution in [2.24, 2.45) is 0 Å². The predicted octanol–water partition coefficient (Wildman–Crippen LogP) is 2.27. The molecule has 0 spiro atoms. The Kier molecular flexibility index (Phi) is 7.53. The van der Waals surface area contributed by atoms with E-state index >= 15 is 4.39 Å². The van der Waals surface area contributed by atoms with Gasteiger partial charge in [0.25, 0.3) is 5.91 Å². The first-order chi connectivity index (χ1) is 16.4. The van der Waals surface area contributed by atoms with Gasteiger partial charge < -0.3 is 15.0 Å². The molecule has 182 valence electrons. The average Bonchev–Trinajstić information content (AvgIpc) is 3.04. The number of pyridine rings is 1. The Morgan fingerprint density at radius 3 is 2.85 bits per heavy atom. The molecule has 34 heavy (non-hydrogen) atoms. The van der Waals surface area contributed by atoms with Crippen LogP contribution in [0.5, 0.6) is 0 Å². The minimum atomic E-state index is -1.65. The fourth-order valence-electron chi connectivity index (χ4n) is 3.84. The number of nitrogens with zero attached hydrogens (tertiary/aromatic N) is 4. The highest BCUT2D eigenvalue weighted by Crippen LogP contribution is 2.28. The van der Waals surface area contributed by atoms with E-state index in [1.807, 2.05) is 28.2 Å². The molecule has 4 rings (SSSR count). The predicted molar refractivity (Wildman–Crippen MR) is 120 cm³/mol. The lowest BCUT2D eigenvalue weighted by Crippen LogP contribution is -2.38. The summed E-state index contributed by atoms with van der Waals surface area (Å²) in [6.45, 7) is 3.81. The topological polar surface area (TPSA) is 87.2 Å². The van der Waals surface area contributed by atoms with Crippen LogP contribution in [0.4, 0.5) is 25.0 Å². The highest BCUT2D eigenvalue weighted by atomic mass is 19.1. The molecule has 1 unspecified atom stereocenters. The molecule has 0 aliphatic carbocycles. The van der Waals surface area contributed by atoms with Crippen molar-refractivity contribution in [3.63, 3.8) is 0 Å². The van der Waals surface area contributed by atoms with E-state index in [1.54, 1.807) is 18.3 Å². The Morgan fingerprint density at radius 1 is 1.26 bits per heavy atom. The summed E-state index contributed by atoms with van der Waals surface area (Å²) >= 11 is 0. The Hall–Kier alpha value is -3.31. The maximum atomic E-state index is 15.0. The number of cyclic esters (lactones) is 1. The second-order valence-electron chi connectivity index (χ2n) is 8.12.